The highest BCUT2D eigenvalue weighted by atomic mass is 16.2. The van der Waals surface area contributed by atoms with Gasteiger partial charge in [0.25, 0.3) is 0 Å². The van der Waals surface area contributed by atoms with Crippen molar-refractivity contribution in [2.75, 3.05) is 10.2 Å². The fraction of sp³-hybridized carbons (Fsp3) is 0.217. The Morgan fingerprint density at radius 3 is 2.68 bits per heavy atom. The largest absolute Gasteiger partial charge is 0.378 e. The van der Waals surface area contributed by atoms with Crippen LogP contribution in [0.5, 0.6) is 0 Å². The topological polar surface area (TPSA) is 61.0 Å². The minimum atomic E-state index is 0.0554. The number of aromatic amines is 1. The van der Waals surface area contributed by atoms with Crippen molar-refractivity contribution in [2.24, 2.45) is 0 Å². The lowest BCUT2D eigenvalue weighted by Gasteiger charge is -2.39. The third-order valence-corrected chi connectivity index (χ3v) is 5.22. The summed E-state index contributed by atoms with van der Waals surface area (Å²) in [6, 6.07) is 16.2. The van der Waals surface area contributed by atoms with E-state index < -0.39 is 0 Å². The quantitative estimate of drug-likeness (QED) is 0.674. The molecule has 1 aliphatic heterocycles. The molecule has 0 spiro atoms. The van der Waals surface area contributed by atoms with Crippen LogP contribution in [0.1, 0.15) is 37.4 Å². The molecule has 0 unspecified atom stereocenters. The zero-order valence-corrected chi connectivity index (χ0v) is 15.9. The normalized spacial score (nSPS) is 18.2. The number of carbonyl (C=O) groups excluding carboxylic acids is 1. The highest BCUT2D eigenvalue weighted by Crippen LogP contribution is 2.40. The Bertz CT molecular complexity index is 1030. The van der Waals surface area contributed by atoms with E-state index in [1.54, 1.807) is 13.1 Å². The summed E-state index contributed by atoms with van der Waals surface area (Å²) in [6.07, 6.45) is 8.01. The van der Waals surface area contributed by atoms with Crippen LogP contribution in [0.4, 0.5) is 11.4 Å². The predicted molar refractivity (Wildman–Crippen MR) is 112 cm³/mol. The number of aromatic nitrogens is 2. The molecule has 0 radical (unpaired) electrons. The molecule has 0 aliphatic carbocycles. The third-order valence-electron chi connectivity index (χ3n) is 5.22. The minimum absolute atomic E-state index is 0.0554. The second-order valence-electron chi connectivity index (χ2n) is 7.14. The molecule has 0 saturated carbocycles. The van der Waals surface area contributed by atoms with Crippen molar-refractivity contribution in [3.05, 3.63) is 65.9 Å². The summed E-state index contributed by atoms with van der Waals surface area (Å²) in [7, 11) is 0. The highest BCUT2D eigenvalue weighted by Gasteiger charge is 2.32. The number of hydrogen-bond donors (Lipinski definition) is 2. The van der Waals surface area contributed by atoms with E-state index in [0.29, 0.717) is 0 Å². The summed E-state index contributed by atoms with van der Waals surface area (Å²) >= 11 is 0. The number of hydrogen-bond acceptors (Lipinski definition) is 3. The molecule has 0 saturated heterocycles. The molecule has 1 aliphatic rings. The van der Waals surface area contributed by atoms with E-state index in [9.17, 15) is 4.79 Å². The number of anilines is 2. The SMILES string of the molecule is C#Cc1ccc(N[C@@H]2C[C@H](C)N(C(C)=O)c3ccc(-c4ccn[nH]4)cc32)cc1. The van der Waals surface area contributed by atoms with Crippen LogP contribution in [0, 0.1) is 12.3 Å². The molecule has 1 aromatic heterocycles. The van der Waals surface area contributed by atoms with E-state index in [1.165, 1.54) is 0 Å². The molecule has 5 heteroatoms. The number of H-pyrrole nitrogens is 1. The van der Waals surface area contributed by atoms with Gasteiger partial charge in [-0.25, -0.2) is 0 Å². The number of benzene rings is 2. The van der Waals surface area contributed by atoms with Gasteiger partial charge in [-0.05, 0) is 61.4 Å². The third kappa shape index (κ3) is 3.25. The lowest BCUT2D eigenvalue weighted by atomic mass is 9.89. The number of amides is 1. The second kappa shape index (κ2) is 7.24. The molecular formula is C23H22N4O. The first kappa shape index (κ1) is 17.9. The van der Waals surface area contributed by atoms with Gasteiger partial charge in [-0.2, -0.15) is 5.10 Å². The molecule has 28 heavy (non-hydrogen) atoms. The Kier molecular flexibility index (Phi) is 4.62. The summed E-state index contributed by atoms with van der Waals surface area (Å²) in [5.41, 5.74) is 5.91. The Hall–Kier alpha value is -3.52. The van der Waals surface area contributed by atoms with E-state index in [1.807, 2.05) is 47.4 Å². The van der Waals surface area contributed by atoms with Gasteiger partial charge < -0.3 is 10.2 Å². The van der Waals surface area contributed by atoms with Crippen LogP contribution >= 0.6 is 0 Å². The van der Waals surface area contributed by atoms with Gasteiger partial charge in [0.15, 0.2) is 0 Å². The van der Waals surface area contributed by atoms with Crippen molar-refractivity contribution in [3.8, 4) is 23.6 Å². The van der Waals surface area contributed by atoms with Gasteiger partial charge in [-0.1, -0.05) is 12.0 Å². The molecule has 2 heterocycles. The molecule has 2 N–H and O–H groups in total. The van der Waals surface area contributed by atoms with Gasteiger partial charge in [0.05, 0.1) is 11.7 Å². The van der Waals surface area contributed by atoms with Crippen molar-refractivity contribution < 1.29 is 4.79 Å². The first-order valence-corrected chi connectivity index (χ1v) is 9.33. The molecule has 2 atom stereocenters. The zero-order valence-electron chi connectivity index (χ0n) is 15.9. The fourth-order valence-corrected chi connectivity index (χ4v) is 3.93. The van der Waals surface area contributed by atoms with Crippen LogP contribution in [-0.4, -0.2) is 22.1 Å². The summed E-state index contributed by atoms with van der Waals surface area (Å²) in [6.45, 7) is 3.71. The first-order chi connectivity index (χ1) is 13.6. The van der Waals surface area contributed by atoms with Crippen LogP contribution in [0.3, 0.4) is 0 Å². The number of terminal acetylenes is 1. The Morgan fingerprint density at radius 2 is 2.04 bits per heavy atom. The van der Waals surface area contributed by atoms with Crippen LogP contribution in [0.25, 0.3) is 11.3 Å². The average molecular weight is 370 g/mol. The first-order valence-electron chi connectivity index (χ1n) is 9.33. The molecule has 2 aromatic carbocycles. The monoisotopic (exact) mass is 370 g/mol. The molecule has 5 nitrogen and oxygen atoms in total. The summed E-state index contributed by atoms with van der Waals surface area (Å²) < 4.78 is 0. The van der Waals surface area contributed by atoms with Gasteiger partial charge in [-0.15, -0.1) is 6.42 Å². The standard InChI is InChI=1S/C23H22N4O/c1-4-17-5-8-19(9-6-17)25-22-13-15(2)27(16(3)28)23-10-7-18(14-20(22)23)21-11-12-24-26-21/h1,5-12,14-15,22,25H,13H2,2-3H3,(H,24,26)/t15-,22+/m0/s1. The van der Waals surface area contributed by atoms with Crippen LogP contribution in [0.15, 0.2) is 54.7 Å². The van der Waals surface area contributed by atoms with Crippen molar-refractivity contribution in [3.63, 3.8) is 0 Å². The van der Waals surface area contributed by atoms with Gasteiger partial charge >= 0.3 is 0 Å². The van der Waals surface area contributed by atoms with Crippen LogP contribution in [-0.2, 0) is 4.79 Å². The van der Waals surface area contributed by atoms with Gasteiger partial charge in [-0.3, -0.25) is 9.89 Å². The Morgan fingerprint density at radius 1 is 1.25 bits per heavy atom. The second-order valence-corrected chi connectivity index (χ2v) is 7.14. The molecular weight excluding hydrogens is 348 g/mol. The van der Waals surface area contributed by atoms with Gasteiger partial charge in [0, 0.05) is 41.7 Å². The van der Waals surface area contributed by atoms with Gasteiger partial charge in [0.1, 0.15) is 0 Å². The van der Waals surface area contributed by atoms with E-state index in [0.717, 1.165) is 40.2 Å². The van der Waals surface area contributed by atoms with E-state index >= 15 is 0 Å². The maximum absolute atomic E-state index is 12.3. The number of fused-ring (bicyclic) bond motifs is 1. The molecule has 0 bridgehead atoms. The lowest BCUT2D eigenvalue weighted by Crippen LogP contribution is -2.43. The molecule has 4 rings (SSSR count). The Labute approximate surface area is 164 Å². The Balaban J connectivity index is 1.75. The molecule has 1 amide bonds. The average Bonchev–Trinajstić information content (AvgIpc) is 3.23. The fourth-order valence-electron chi connectivity index (χ4n) is 3.93. The lowest BCUT2D eigenvalue weighted by molar-refractivity contribution is -0.117. The number of nitrogens with one attached hydrogen (secondary N) is 2. The minimum Gasteiger partial charge on any atom is -0.378 e. The number of rotatable bonds is 3. The molecule has 0 fully saturated rings. The summed E-state index contributed by atoms with van der Waals surface area (Å²) in [4.78, 5) is 14.2. The van der Waals surface area contributed by atoms with Crippen LogP contribution < -0.4 is 10.2 Å². The maximum Gasteiger partial charge on any atom is 0.224 e. The van der Waals surface area contributed by atoms with Crippen LogP contribution in [0.2, 0.25) is 0 Å². The molecule has 140 valence electrons. The van der Waals surface area contributed by atoms with Crippen molar-refractivity contribution >= 4 is 17.3 Å². The predicted octanol–water partition coefficient (Wildman–Crippen LogP) is 4.36. The van der Waals surface area contributed by atoms with Crippen molar-refractivity contribution in [2.45, 2.75) is 32.4 Å². The van der Waals surface area contributed by atoms with E-state index in [-0.39, 0.29) is 18.0 Å². The van der Waals surface area contributed by atoms with Gasteiger partial charge in [0.2, 0.25) is 5.91 Å². The summed E-state index contributed by atoms with van der Waals surface area (Å²) in [5, 5.41) is 10.7. The van der Waals surface area contributed by atoms with Crippen molar-refractivity contribution in [1.29, 1.82) is 0 Å². The maximum atomic E-state index is 12.3. The van der Waals surface area contributed by atoms with E-state index in [2.05, 4.69) is 34.4 Å². The van der Waals surface area contributed by atoms with E-state index in [4.69, 9.17) is 6.42 Å². The number of carbonyl (C=O) groups is 1. The smallest absolute Gasteiger partial charge is 0.224 e. The molecule has 3 aromatic rings. The highest BCUT2D eigenvalue weighted by molar-refractivity contribution is 5.94. The zero-order chi connectivity index (χ0) is 19.7. The van der Waals surface area contributed by atoms with Crippen molar-refractivity contribution in [1.82, 2.24) is 10.2 Å². The summed E-state index contributed by atoms with van der Waals surface area (Å²) in [5.74, 6) is 2.70. The number of nitrogens with zero attached hydrogens (tertiary/aromatic N) is 2.